The van der Waals surface area contributed by atoms with E-state index in [9.17, 15) is 0 Å². The van der Waals surface area contributed by atoms with Crippen molar-refractivity contribution in [2.24, 2.45) is 0 Å². The van der Waals surface area contributed by atoms with Crippen LogP contribution in [-0.4, -0.2) is 18.6 Å². The van der Waals surface area contributed by atoms with Gasteiger partial charge in [-0.05, 0) is 14.0 Å². The molecule has 0 fully saturated rings. The van der Waals surface area contributed by atoms with E-state index in [1.165, 1.54) is 0 Å². The molecule has 0 aliphatic heterocycles. The fourth-order valence-corrected chi connectivity index (χ4v) is 0.930. The van der Waals surface area contributed by atoms with Crippen LogP contribution < -0.4 is 10.1 Å². The zero-order valence-corrected chi connectivity index (χ0v) is 8.67. The minimum Gasteiger partial charge on any atom is -0.450 e. The van der Waals surface area contributed by atoms with Gasteiger partial charge in [0.15, 0.2) is 0 Å². The monoisotopic (exact) mass is 196 g/mol. The van der Waals surface area contributed by atoms with Crippen molar-refractivity contribution in [1.29, 1.82) is 0 Å². The first-order valence-corrected chi connectivity index (χ1v) is 4.58. The van der Waals surface area contributed by atoms with Crippen LogP contribution >= 0.6 is 0 Å². The van der Waals surface area contributed by atoms with Gasteiger partial charge in [0.1, 0.15) is 6.26 Å². The molecule has 0 unspecified atom stereocenters. The largest absolute Gasteiger partial charge is 0.450 e. The SMILES string of the molecule is C=C(C)CCOc1nc(CNC)co1. The highest BCUT2D eigenvalue weighted by Gasteiger charge is 2.03. The van der Waals surface area contributed by atoms with Crippen LogP contribution in [0.3, 0.4) is 0 Å². The number of nitrogens with zero attached hydrogens (tertiary/aromatic N) is 1. The van der Waals surface area contributed by atoms with Crippen molar-refractivity contribution in [1.82, 2.24) is 10.3 Å². The van der Waals surface area contributed by atoms with Crippen LogP contribution in [0.15, 0.2) is 22.8 Å². The highest BCUT2D eigenvalue weighted by molar-refractivity contribution is 4.99. The van der Waals surface area contributed by atoms with E-state index in [4.69, 9.17) is 9.15 Å². The van der Waals surface area contributed by atoms with Gasteiger partial charge in [-0.25, -0.2) is 0 Å². The van der Waals surface area contributed by atoms with E-state index in [2.05, 4.69) is 16.9 Å². The van der Waals surface area contributed by atoms with Crippen molar-refractivity contribution in [3.05, 3.63) is 24.1 Å². The summed E-state index contributed by atoms with van der Waals surface area (Å²) in [6, 6.07) is 0. The summed E-state index contributed by atoms with van der Waals surface area (Å²) in [6.07, 6.45) is 2.74. The molecule has 14 heavy (non-hydrogen) atoms. The Morgan fingerprint density at radius 1 is 1.71 bits per heavy atom. The van der Waals surface area contributed by atoms with E-state index in [1.807, 2.05) is 14.0 Å². The lowest BCUT2D eigenvalue weighted by Crippen LogP contribution is -2.05. The summed E-state index contributed by atoms with van der Waals surface area (Å²) in [5, 5.41) is 2.98. The molecule has 1 aromatic heterocycles. The zero-order valence-electron chi connectivity index (χ0n) is 8.67. The van der Waals surface area contributed by atoms with E-state index in [0.29, 0.717) is 19.2 Å². The lowest BCUT2D eigenvalue weighted by molar-refractivity contribution is 0.233. The van der Waals surface area contributed by atoms with Crippen molar-refractivity contribution in [3.8, 4) is 6.08 Å². The van der Waals surface area contributed by atoms with Crippen molar-refractivity contribution in [3.63, 3.8) is 0 Å². The predicted octanol–water partition coefficient (Wildman–Crippen LogP) is 1.74. The summed E-state index contributed by atoms with van der Waals surface area (Å²) in [5.41, 5.74) is 1.94. The summed E-state index contributed by atoms with van der Waals surface area (Å²) in [6.45, 7) is 7.00. The first kappa shape index (κ1) is 10.8. The topological polar surface area (TPSA) is 47.3 Å². The van der Waals surface area contributed by atoms with Crippen molar-refractivity contribution >= 4 is 0 Å². The smallest absolute Gasteiger partial charge is 0.393 e. The van der Waals surface area contributed by atoms with E-state index >= 15 is 0 Å². The average molecular weight is 196 g/mol. The van der Waals surface area contributed by atoms with E-state index in [0.717, 1.165) is 17.7 Å². The van der Waals surface area contributed by atoms with Crippen LogP contribution in [0.5, 0.6) is 6.08 Å². The fraction of sp³-hybridized carbons (Fsp3) is 0.500. The summed E-state index contributed by atoms with van der Waals surface area (Å²) >= 11 is 0. The Balaban J connectivity index is 2.32. The molecular weight excluding hydrogens is 180 g/mol. The third kappa shape index (κ3) is 3.62. The summed E-state index contributed by atoms with van der Waals surface area (Å²) < 4.78 is 10.4. The van der Waals surface area contributed by atoms with Gasteiger partial charge in [0, 0.05) is 13.0 Å². The lowest BCUT2D eigenvalue weighted by Gasteiger charge is -1.99. The Labute approximate surface area is 84.0 Å². The minimum absolute atomic E-state index is 0.330. The third-order valence-corrected chi connectivity index (χ3v) is 1.64. The first-order chi connectivity index (χ1) is 6.72. The standard InChI is InChI=1S/C10H16N2O2/c1-8(2)4-5-13-10-12-9(6-11-3)7-14-10/h7,11H,1,4-6H2,2-3H3. The van der Waals surface area contributed by atoms with Gasteiger partial charge >= 0.3 is 6.08 Å². The molecule has 0 saturated carbocycles. The van der Waals surface area contributed by atoms with Crippen LogP contribution in [0.1, 0.15) is 19.0 Å². The molecule has 4 heteroatoms. The quantitative estimate of drug-likeness (QED) is 0.704. The zero-order chi connectivity index (χ0) is 10.4. The predicted molar refractivity (Wildman–Crippen MR) is 54.2 cm³/mol. The molecule has 1 heterocycles. The second kappa shape index (κ2) is 5.44. The molecule has 0 spiro atoms. The van der Waals surface area contributed by atoms with Gasteiger partial charge in [0.05, 0.1) is 12.3 Å². The molecule has 0 saturated heterocycles. The molecule has 1 N–H and O–H groups in total. The molecule has 0 atom stereocenters. The molecule has 0 aliphatic rings. The maximum Gasteiger partial charge on any atom is 0.393 e. The lowest BCUT2D eigenvalue weighted by atomic mass is 10.3. The number of oxazole rings is 1. The number of ether oxygens (including phenoxy) is 1. The molecule has 4 nitrogen and oxygen atoms in total. The maximum absolute atomic E-state index is 5.28. The minimum atomic E-state index is 0.330. The van der Waals surface area contributed by atoms with Gasteiger partial charge < -0.3 is 14.5 Å². The number of aromatic nitrogens is 1. The molecular formula is C10H16N2O2. The highest BCUT2D eigenvalue weighted by Crippen LogP contribution is 2.10. The Morgan fingerprint density at radius 3 is 3.14 bits per heavy atom. The number of nitrogens with one attached hydrogen (secondary N) is 1. The molecule has 0 aliphatic carbocycles. The molecule has 0 aromatic carbocycles. The maximum atomic E-state index is 5.28. The van der Waals surface area contributed by atoms with Gasteiger partial charge in [-0.3, -0.25) is 0 Å². The van der Waals surface area contributed by atoms with Crippen LogP contribution in [0, 0.1) is 0 Å². The van der Waals surface area contributed by atoms with E-state index in [1.54, 1.807) is 6.26 Å². The number of hydrogen-bond acceptors (Lipinski definition) is 4. The molecule has 1 rings (SSSR count). The van der Waals surface area contributed by atoms with Gasteiger partial charge in [0.2, 0.25) is 0 Å². The Kier molecular flexibility index (Phi) is 4.19. The van der Waals surface area contributed by atoms with Crippen LogP contribution in [0.4, 0.5) is 0 Å². The average Bonchev–Trinajstić information content (AvgIpc) is 2.53. The first-order valence-electron chi connectivity index (χ1n) is 4.58. The molecule has 1 aromatic rings. The molecule has 0 amide bonds. The molecule has 0 radical (unpaired) electrons. The van der Waals surface area contributed by atoms with Crippen LogP contribution in [0.25, 0.3) is 0 Å². The highest BCUT2D eigenvalue weighted by atomic mass is 16.6. The second-order valence-electron chi connectivity index (χ2n) is 3.19. The van der Waals surface area contributed by atoms with Crippen LogP contribution in [0.2, 0.25) is 0 Å². The van der Waals surface area contributed by atoms with Crippen molar-refractivity contribution in [2.75, 3.05) is 13.7 Å². The molecule has 0 bridgehead atoms. The van der Waals surface area contributed by atoms with Crippen molar-refractivity contribution in [2.45, 2.75) is 19.9 Å². The Bertz CT molecular complexity index is 294. The van der Waals surface area contributed by atoms with Gasteiger partial charge in [0.25, 0.3) is 0 Å². The van der Waals surface area contributed by atoms with E-state index < -0.39 is 0 Å². The summed E-state index contributed by atoms with van der Waals surface area (Å²) in [7, 11) is 1.86. The Morgan fingerprint density at radius 2 is 2.50 bits per heavy atom. The third-order valence-electron chi connectivity index (χ3n) is 1.64. The second-order valence-corrected chi connectivity index (χ2v) is 3.19. The number of hydrogen-bond donors (Lipinski definition) is 1. The summed E-state index contributed by atoms with van der Waals surface area (Å²) in [4.78, 5) is 4.12. The fourth-order valence-electron chi connectivity index (χ4n) is 0.930. The molecule has 78 valence electrons. The van der Waals surface area contributed by atoms with Crippen LogP contribution in [-0.2, 0) is 6.54 Å². The van der Waals surface area contributed by atoms with Gasteiger partial charge in [-0.15, -0.1) is 6.58 Å². The Hall–Kier alpha value is -1.29. The number of rotatable bonds is 6. The summed E-state index contributed by atoms with van der Waals surface area (Å²) in [5.74, 6) is 0. The van der Waals surface area contributed by atoms with E-state index in [-0.39, 0.29) is 0 Å². The van der Waals surface area contributed by atoms with Gasteiger partial charge in [-0.1, -0.05) is 5.57 Å². The van der Waals surface area contributed by atoms with Gasteiger partial charge in [-0.2, -0.15) is 4.98 Å². The van der Waals surface area contributed by atoms with Crippen molar-refractivity contribution < 1.29 is 9.15 Å². The normalized spacial score (nSPS) is 10.1.